The molecule has 0 aromatic carbocycles. The zero-order chi connectivity index (χ0) is 22.9. The second kappa shape index (κ2) is 17.8. The highest BCUT2D eigenvalue weighted by atomic mass is 16.7. The summed E-state index contributed by atoms with van der Waals surface area (Å²) in [5.74, 6) is -0.340. The first-order valence-corrected chi connectivity index (χ1v) is 12.5. The summed E-state index contributed by atoms with van der Waals surface area (Å²) in [6, 6.07) is -0.859. The van der Waals surface area contributed by atoms with Crippen molar-refractivity contribution in [1.82, 2.24) is 5.32 Å². The second-order valence-corrected chi connectivity index (χ2v) is 8.90. The van der Waals surface area contributed by atoms with Crippen LogP contribution in [0.3, 0.4) is 0 Å². The Morgan fingerprint density at radius 1 is 0.839 bits per heavy atom. The van der Waals surface area contributed by atoms with E-state index in [2.05, 4.69) is 12.2 Å². The Kier molecular flexibility index (Phi) is 16.2. The predicted molar refractivity (Wildman–Crippen MR) is 122 cm³/mol. The number of rotatable bonds is 18. The van der Waals surface area contributed by atoms with Gasteiger partial charge in [-0.2, -0.15) is 0 Å². The molecule has 184 valence electrons. The van der Waals surface area contributed by atoms with Gasteiger partial charge in [0.1, 0.15) is 24.4 Å². The molecule has 1 aliphatic heterocycles. The molecule has 5 atom stereocenters. The van der Waals surface area contributed by atoms with Crippen LogP contribution in [0, 0.1) is 0 Å². The maximum atomic E-state index is 11.4. The molecule has 1 rings (SSSR count). The Labute approximate surface area is 188 Å². The summed E-state index contributed by atoms with van der Waals surface area (Å²) >= 11 is 0. The van der Waals surface area contributed by atoms with Gasteiger partial charge in [0.15, 0.2) is 6.29 Å². The fourth-order valence-corrected chi connectivity index (χ4v) is 4.11. The van der Waals surface area contributed by atoms with Crippen LogP contribution in [0.25, 0.3) is 0 Å². The minimum absolute atomic E-state index is 0.340. The standard InChI is InChI=1S/C24H47NO6/c1-3-4-5-6-7-8-9-10-11-12-13-14-15-16-17-30-24-21(25-19(2)27)23(29)22(28)20(18-26)31-24/h20-24,26,28-29H,3-18H2,1-2H3,(H,25,27)/t20-,21-,22+,23-,24+/m0/s1. The molecule has 0 saturated carbocycles. The van der Waals surface area contributed by atoms with Gasteiger partial charge in [0.25, 0.3) is 0 Å². The zero-order valence-electron chi connectivity index (χ0n) is 19.8. The van der Waals surface area contributed by atoms with Crippen molar-refractivity contribution in [3.63, 3.8) is 0 Å². The van der Waals surface area contributed by atoms with Crippen LogP contribution in [0.1, 0.15) is 104 Å². The fraction of sp³-hybridized carbons (Fsp3) is 0.958. The average molecular weight is 446 g/mol. The Morgan fingerprint density at radius 3 is 1.77 bits per heavy atom. The van der Waals surface area contributed by atoms with Crippen molar-refractivity contribution in [2.24, 2.45) is 0 Å². The molecule has 0 bridgehead atoms. The number of unbranched alkanes of at least 4 members (excludes halogenated alkanes) is 13. The van der Waals surface area contributed by atoms with E-state index in [-0.39, 0.29) is 5.91 Å². The first-order valence-electron chi connectivity index (χ1n) is 12.5. The lowest BCUT2D eigenvalue weighted by atomic mass is 9.97. The Morgan fingerprint density at radius 2 is 1.32 bits per heavy atom. The number of amides is 1. The molecule has 1 heterocycles. The van der Waals surface area contributed by atoms with E-state index in [1.807, 2.05) is 0 Å². The van der Waals surface area contributed by atoms with Crippen molar-refractivity contribution < 1.29 is 29.6 Å². The molecule has 4 N–H and O–H groups in total. The van der Waals surface area contributed by atoms with E-state index >= 15 is 0 Å². The molecule has 1 amide bonds. The van der Waals surface area contributed by atoms with E-state index in [0.717, 1.165) is 12.8 Å². The second-order valence-electron chi connectivity index (χ2n) is 8.90. The van der Waals surface area contributed by atoms with Gasteiger partial charge in [-0.15, -0.1) is 0 Å². The number of aliphatic hydroxyl groups is 3. The van der Waals surface area contributed by atoms with Crippen LogP contribution in [0.2, 0.25) is 0 Å². The summed E-state index contributed by atoms with van der Waals surface area (Å²) in [6.45, 7) is 3.61. The summed E-state index contributed by atoms with van der Waals surface area (Å²) in [5.41, 5.74) is 0. The number of nitrogens with one attached hydrogen (secondary N) is 1. The fourth-order valence-electron chi connectivity index (χ4n) is 4.11. The van der Waals surface area contributed by atoms with Gasteiger partial charge in [-0.1, -0.05) is 90.4 Å². The van der Waals surface area contributed by atoms with Crippen LogP contribution in [0.4, 0.5) is 0 Å². The quantitative estimate of drug-likeness (QED) is 0.241. The van der Waals surface area contributed by atoms with Crippen LogP contribution in [0.15, 0.2) is 0 Å². The highest BCUT2D eigenvalue weighted by molar-refractivity contribution is 5.73. The van der Waals surface area contributed by atoms with Gasteiger partial charge in [0.05, 0.1) is 6.61 Å². The largest absolute Gasteiger partial charge is 0.394 e. The molecule has 7 nitrogen and oxygen atoms in total. The van der Waals surface area contributed by atoms with Gasteiger partial charge in [0, 0.05) is 13.5 Å². The number of aliphatic hydroxyl groups excluding tert-OH is 3. The molecule has 0 aromatic rings. The van der Waals surface area contributed by atoms with Gasteiger partial charge in [-0.25, -0.2) is 0 Å². The van der Waals surface area contributed by atoms with Crippen molar-refractivity contribution in [1.29, 1.82) is 0 Å². The van der Waals surface area contributed by atoms with E-state index in [9.17, 15) is 20.1 Å². The highest BCUT2D eigenvalue weighted by Crippen LogP contribution is 2.22. The van der Waals surface area contributed by atoms with E-state index in [0.29, 0.717) is 6.61 Å². The molecule has 0 unspecified atom stereocenters. The summed E-state index contributed by atoms with van der Waals surface area (Å²) in [5, 5.41) is 32.2. The monoisotopic (exact) mass is 445 g/mol. The molecule has 7 heteroatoms. The molecule has 0 aromatic heterocycles. The van der Waals surface area contributed by atoms with Crippen molar-refractivity contribution in [2.75, 3.05) is 13.2 Å². The third-order valence-electron chi connectivity index (χ3n) is 6.03. The lowest BCUT2D eigenvalue weighted by molar-refractivity contribution is -0.270. The minimum atomic E-state index is -1.28. The van der Waals surface area contributed by atoms with E-state index in [1.54, 1.807) is 0 Å². The molecular weight excluding hydrogens is 398 g/mol. The number of ether oxygens (including phenoxy) is 2. The molecule has 0 radical (unpaired) electrons. The smallest absolute Gasteiger partial charge is 0.217 e. The van der Waals surface area contributed by atoms with Crippen LogP contribution in [0.5, 0.6) is 0 Å². The summed E-state index contributed by atoms with van der Waals surface area (Å²) in [7, 11) is 0. The van der Waals surface area contributed by atoms with E-state index < -0.39 is 37.3 Å². The minimum Gasteiger partial charge on any atom is -0.394 e. The predicted octanol–water partition coefficient (Wildman–Crippen LogP) is 3.43. The topological polar surface area (TPSA) is 108 Å². The Hall–Kier alpha value is -0.730. The van der Waals surface area contributed by atoms with Crippen molar-refractivity contribution >= 4 is 5.91 Å². The van der Waals surface area contributed by atoms with Gasteiger partial charge < -0.3 is 30.1 Å². The highest BCUT2D eigenvalue weighted by Gasteiger charge is 2.45. The maximum Gasteiger partial charge on any atom is 0.217 e. The lowest BCUT2D eigenvalue weighted by Gasteiger charge is -2.42. The van der Waals surface area contributed by atoms with Crippen molar-refractivity contribution in [3.05, 3.63) is 0 Å². The van der Waals surface area contributed by atoms with Crippen LogP contribution >= 0.6 is 0 Å². The summed E-state index contributed by atoms with van der Waals surface area (Å²) < 4.78 is 11.3. The zero-order valence-corrected chi connectivity index (χ0v) is 19.8. The molecule has 1 aliphatic rings. The summed E-state index contributed by atoms with van der Waals surface area (Å²) in [4.78, 5) is 11.4. The summed E-state index contributed by atoms with van der Waals surface area (Å²) in [6.07, 6.45) is 13.6. The Balaban J connectivity index is 2.07. The number of hydrogen-bond donors (Lipinski definition) is 4. The van der Waals surface area contributed by atoms with Gasteiger partial charge in [0.2, 0.25) is 5.91 Å². The average Bonchev–Trinajstić information content (AvgIpc) is 2.75. The van der Waals surface area contributed by atoms with Crippen LogP contribution in [-0.4, -0.2) is 65.1 Å². The van der Waals surface area contributed by atoms with Gasteiger partial charge in [-0.05, 0) is 6.42 Å². The number of hydrogen-bond acceptors (Lipinski definition) is 6. The number of carbonyl (C=O) groups is 1. The van der Waals surface area contributed by atoms with Gasteiger partial charge in [-0.3, -0.25) is 4.79 Å². The Bertz CT molecular complexity index is 450. The SMILES string of the molecule is CCCCCCCCCCCCCCCCO[C@@H]1O[C@@H](CO)[C@@H](O)[C@@H](O)[C@@H]1NC(C)=O. The third kappa shape index (κ3) is 12.2. The lowest BCUT2D eigenvalue weighted by Crippen LogP contribution is -2.64. The van der Waals surface area contributed by atoms with Crippen LogP contribution in [-0.2, 0) is 14.3 Å². The third-order valence-corrected chi connectivity index (χ3v) is 6.03. The van der Waals surface area contributed by atoms with Gasteiger partial charge >= 0.3 is 0 Å². The molecular formula is C24H47NO6. The molecule has 0 spiro atoms. The molecule has 1 fully saturated rings. The molecule has 1 saturated heterocycles. The first kappa shape index (κ1) is 28.3. The van der Waals surface area contributed by atoms with Crippen molar-refractivity contribution in [2.45, 2.75) is 134 Å². The van der Waals surface area contributed by atoms with Crippen molar-refractivity contribution in [3.8, 4) is 0 Å². The normalized spacial score (nSPS) is 26.2. The van der Waals surface area contributed by atoms with E-state index in [1.165, 1.54) is 84.0 Å². The maximum absolute atomic E-state index is 11.4. The molecule has 31 heavy (non-hydrogen) atoms. The van der Waals surface area contributed by atoms with E-state index in [4.69, 9.17) is 9.47 Å². The van der Waals surface area contributed by atoms with Crippen LogP contribution < -0.4 is 5.32 Å². The molecule has 0 aliphatic carbocycles. The first-order chi connectivity index (χ1) is 15.0. The number of carbonyl (C=O) groups excluding carboxylic acids is 1.